The van der Waals surface area contributed by atoms with Gasteiger partial charge in [0.2, 0.25) is 6.41 Å². The fourth-order valence-electron chi connectivity index (χ4n) is 1.91. The summed E-state index contributed by atoms with van der Waals surface area (Å²) in [4.78, 5) is 10.0. The van der Waals surface area contributed by atoms with Crippen LogP contribution in [0.2, 0.25) is 0 Å². The van der Waals surface area contributed by atoms with E-state index in [9.17, 15) is 4.79 Å². The molecule has 1 fully saturated rings. The largest absolute Gasteiger partial charge is 0.357 e. The Hall–Kier alpha value is -0.570. The minimum atomic E-state index is 0.162. The van der Waals surface area contributed by atoms with Crippen LogP contribution < -0.4 is 11.1 Å². The van der Waals surface area contributed by atoms with Gasteiger partial charge in [-0.05, 0) is 18.8 Å². The zero-order chi connectivity index (χ0) is 8.81. The van der Waals surface area contributed by atoms with Crippen molar-refractivity contribution in [3.05, 3.63) is 0 Å². The third-order valence-corrected chi connectivity index (χ3v) is 2.69. The summed E-state index contributed by atoms with van der Waals surface area (Å²) in [5.41, 5.74) is 5.91. The maximum Gasteiger partial charge on any atom is 0.207 e. The smallest absolute Gasteiger partial charge is 0.207 e. The molecule has 0 bridgehead atoms. The van der Waals surface area contributed by atoms with E-state index in [1.54, 1.807) is 0 Å². The number of amides is 1. The van der Waals surface area contributed by atoms with Crippen LogP contribution in [0.1, 0.15) is 32.1 Å². The molecule has 0 radical (unpaired) electrons. The maximum absolute atomic E-state index is 10.0. The standard InChI is InChI=1S/C9H18N2O/c10-9(6-11-7-12)8-4-2-1-3-5-8/h7-9H,1-6,10H2,(H,11,12). The number of nitrogens with one attached hydrogen (secondary N) is 1. The van der Waals surface area contributed by atoms with E-state index in [0.717, 1.165) is 6.41 Å². The number of hydrogen-bond acceptors (Lipinski definition) is 2. The molecule has 3 N–H and O–H groups in total. The van der Waals surface area contributed by atoms with E-state index in [0.29, 0.717) is 12.5 Å². The molecule has 1 aliphatic rings. The summed E-state index contributed by atoms with van der Waals surface area (Å²) in [5, 5.41) is 2.64. The molecule has 0 saturated heterocycles. The van der Waals surface area contributed by atoms with Gasteiger partial charge in [0.05, 0.1) is 0 Å². The minimum absolute atomic E-state index is 0.162. The van der Waals surface area contributed by atoms with Gasteiger partial charge in [-0.15, -0.1) is 0 Å². The molecule has 3 nitrogen and oxygen atoms in total. The molecule has 0 aromatic rings. The third-order valence-electron chi connectivity index (χ3n) is 2.69. The van der Waals surface area contributed by atoms with Crippen LogP contribution in [0.25, 0.3) is 0 Å². The number of nitrogens with two attached hydrogens (primary N) is 1. The molecule has 12 heavy (non-hydrogen) atoms. The Balaban J connectivity index is 2.19. The monoisotopic (exact) mass is 170 g/mol. The Kier molecular flexibility index (Phi) is 4.08. The van der Waals surface area contributed by atoms with E-state index in [2.05, 4.69) is 5.32 Å². The minimum Gasteiger partial charge on any atom is -0.357 e. The number of hydrogen-bond donors (Lipinski definition) is 2. The molecule has 1 saturated carbocycles. The Bertz CT molecular complexity index is 132. The highest BCUT2D eigenvalue weighted by molar-refractivity contribution is 5.45. The lowest BCUT2D eigenvalue weighted by Gasteiger charge is -2.26. The van der Waals surface area contributed by atoms with Crippen molar-refractivity contribution in [2.75, 3.05) is 6.54 Å². The molecule has 1 unspecified atom stereocenters. The molecule has 1 aliphatic carbocycles. The first-order chi connectivity index (χ1) is 5.84. The van der Waals surface area contributed by atoms with Gasteiger partial charge >= 0.3 is 0 Å². The van der Waals surface area contributed by atoms with Crippen LogP contribution in [0.4, 0.5) is 0 Å². The number of rotatable bonds is 4. The maximum atomic E-state index is 10.0. The van der Waals surface area contributed by atoms with Gasteiger partial charge in [0.1, 0.15) is 0 Å². The lowest BCUT2D eigenvalue weighted by Crippen LogP contribution is -2.40. The first-order valence-electron chi connectivity index (χ1n) is 4.77. The van der Waals surface area contributed by atoms with Gasteiger partial charge in [-0.25, -0.2) is 0 Å². The molecule has 1 rings (SSSR count). The first-order valence-corrected chi connectivity index (χ1v) is 4.77. The highest BCUT2D eigenvalue weighted by Crippen LogP contribution is 2.25. The van der Waals surface area contributed by atoms with Gasteiger partial charge in [-0.2, -0.15) is 0 Å². The van der Waals surface area contributed by atoms with Crippen molar-refractivity contribution >= 4 is 6.41 Å². The summed E-state index contributed by atoms with van der Waals surface area (Å²) in [5.74, 6) is 0.631. The summed E-state index contributed by atoms with van der Waals surface area (Å²) in [7, 11) is 0. The molecule has 0 spiro atoms. The topological polar surface area (TPSA) is 55.1 Å². The van der Waals surface area contributed by atoms with Crippen LogP contribution in [-0.4, -0.2) is 19.0 Å². The number of carbonyl (C=O) groups is 1. The van der Waals surface area contributed by atoms with E-state index >= 15 is 0 Å². The average Bonchev–Trinajstić information content (AvgIpc) is 2.15. The lowest BCUT2D eigenvalue weighted by atomic mass is 9.84. The van der Waals surface area contributed by atoms with E-state index in [1.165, 1.54) is 32.1 Å². The van der Waals surface area contributed by atoms with Crippen LogP contribution in [0.5, 0.6) is 0 Å². The fourth-order valence-corrected chi connectivity index (χ4v) is 1.91. The summed E-state index contributed by atoms with van der Waals surface area (Å²) in [6.45, 7) is 0.633. The molecule has 1 amide bonds. The summed E-state index contributed by atoms with van der Waals surface area (Å²) in [6.07, 6.45) is 7.16. The second kappa shape index (κ2) is 5.14. The lowest BCUT2D eigenvalue weighted by molar-refractivity contribution is -0.109. The van der Waals surface area contributed by atoms with Crippen molar-refractivity contribution < 1.29 is 4.79 Å². The van der Waals surface area contributed by atoms with Crippen LogP contribution in [-0.2, 0) is 4.79 Å². The molecule has 1 atom stereocenters. The second-order valence-corrected chi connectivity index (χ2v) is 3.59. The highest BCUT2D eigenvalue weighted by atomic mass is 16.1. The van der Waals surface area contributed by atoms with Crippen molar-refractivity contribution in [1.82, 2.24) is 5.32 Å². The Morgan fingerprint density at radius 2 is 2.08 bits per heavy atom. The quantitative estimate of drug-likeness (QED) is 0.608. The van der Waals surface area contributed by atoms with E-state index in [4.69, 9.17) is 5.73 Å². The molecular formula is C9H18N2O. The third kappa shape index (κ3) is 2.81. The van der Waals surface area contributed by atoms with Crippen molar-refractivity contribution in [2.24, 2.45) is 11.7 Å². The van der Waals surface area contributed by atoms with Gasteiger partial charge in [-0.3, -0.25) is 4.79 Å². The Morgan fingerprint density at radius 3 is 2.67 bits per heavy atom. The van der Waals surface area contributed by atoms with Crippen LogP contribution >= 0.6 is 0 Å². The normalized spacial score (nSPS) is 21.8. The van der Waals surface area contributed by atoms with Gasteiger partial charge < -0.3 is 11.1 Å². The van der Waals surface area contributed by atoms with Crippen LogP contribution in [0, 0.1) is 5.92 Å². The molecular weight excluding hydrogens is 152 g/mol. The molecule has 0 aromatic carbocycles. The van der Waals surface area contributed by atoms with Gasteiger partial charge in [0.25, 0.3) is 0 Å². The average molecular weight is 170 g/mol. The molecule has 0 aliphatic heterocycles. The predicted molar refractivity (Wildman–Crippen MR) is 48.6 cm³/mol. The molecule has 0 aromatic heterocycles. The Morgan fingerprint density at radius 1 is 1.42 bits per heavy atom. The SMILES string of the molecule is NC(CNC=O)C1CCCCC1. The van der Waals surface area contributed by atoms with E-state index < -0.39 is 0 Å². The summed E-state index contributed by atoms with van der Waals surface area (Å²) in [6, 6.07) is 0.162. The van der Waals surface area contributed by atoms with Crippen molar-refractivity contribution in [1.29, 1.82) is 0 Å². The second-order valence-electron chi connectivity index (χ2n) is 3.59. The molecule has 0 heterocycles. The zero-order valence-electron chi connectivity index (χ0n) is 7.46. The summed E-state index contributed by atoms with van der Waals surface area (Å²) < 4.78 is 0. The molecule has 3 heteroatoms. The fraction of sp³-hybridized carbons (Fsp3) is 0.889. The zero-order valence-corrected chi connectivity index (χ0v) is 7.46. The highest BCUT2D eigenvalue weighted by Gasteiger charge is 2.19. The van der Waals surface area contributed by atoms with E-state index in [-0.39, 0.29) is 6.04 Å². The predicted octanol–water partition coefficient (Wildman–Crippen LogP) is 0.640. The number of carbonyl (C=O) groups excluding carboxylic acids is 1. The summed E-state index contributed by atoms with van der Waals surface area (Å²) >= 11 is 0. The van der Waals surface area contributed by atoms with Crippen molar-refractivity contribution in [3.8, 4) is 0 Å². The van der Waals surface area contributed by atoms with Crippen LogP contribution in [0.3, 0.4) is 0 Å². The van der Waals surface area contributed by atoms with E-state index in [1.807, 2.05) is 0 Å². The van der Waals surface area contributed by atoms with Gasteiger partial charge in [0, 0.05) is 12.6 Å². The first kappa shape index (κ1) is 9.52. The Labute approximate surface area is 73.7 Å². The van der Waals surface area contributed by atoms with Crippen LogP contribution in [0.15, 0.2) is 0 Å². The van der Waals surface area contributed by atoms with Gasteiger partial charge in [-0.1, -0.05) is 19.3 Å². The van der Waals surface area contributed by atoms with Gasteiger partial charge in [0.15, 0.2) is 0 Å². The van der Waals surface area contributed by atoms with Crippen molar-refractivity contribution in [3.63, 3.8) is 0 Å². The molecule has 70 valence electrons. The van der Waals surface area contributed by atoms with Crippen molar-refractivity contribution in [2.45, 2.75) is 38.1 Å².